The molecule has 0 atom stereocenters. The molecule has 0 aromatic heterocycles. The minimum absolute atomic E-state index is 0.104. The lowest BCUT2D eigenvalue weighted by atomic mass is 10.1. The average molecular weight is 250 g/mol. The predicted molar refractivity (Wildman–Crippen MR) is 63.5 cm³/mol. The summed E-state index contributed by atoms with van der Waals surface area (Å²) in [7, 11) is 1.36. The average Bonchev–Trinajstić information content (AvgIpc) is 2.36. The van der Waals surface area contributed by atoms with Crippen LogP contribution in [0.1, 0.15) is 19.4 Å². The fourth-order valence-electron chi connectivity index (χ4n) is 1.18. The highest BCUT2D eigenvalue weighted by atomic mass is 16.6. The van der Waals surface area contributed by atoms with Crippen molar-refractivity contribution in [2.24, 2.45) is 0 Å². The van der Waals surface area contributed by atoms with Crippen LogP contribution in [0.4, 0.5) is 4.79 Å². The topological polar surface area (TPSA) is 69.7 Å². The van der Waals surface area contributed by atoms with E-state index >= 15 is 0 Å². The van der Waals surface area contributed by atoms with Crippen LogP contribution < -0.4 is 5.11 Å². The fourth-order valence-corrected chi connectivity index (χ4v) is 1.18. The van der Waals surface area contributed by atoms with Crippen LogP contribution in [0.3, 0.4) is 0 Å². The summed E-state index contributed by atoms with van der Waals surface area (Å²) in [4.78, 5) is 23.6. The molecule has 5 nitrogen and oxygen atoms in total. The predicted octanol–water partition coefficient (Wildman–Crippen LogP) is 0.783. The number of ether oxygens (including phenoxy) is 1. The maximum absolute atomic E-state index is 11.7. The second kappa shape index (κ2) is 5.53. The van der Waals surface area contributed by atoms with Gasteiger partial charge in [0.1, 0.15) is 6.61 Å². The molecule has 0 radical (unpaired) electrons. The Kier molecular flexibility index (Phi) is 4.31. The third-order valence-electron chi connectivity index (χ3n) is 2.82. The molecule has 1 aromatic rings. The third kappa shape index (κ3) is 3.23. The first-order valence-corrected chi connectivity index (χ1v) is 5.51. The van der Waals surface area contributed by atoms with Crippen LogP contribution >= 0.6 is 0 Å². The lowest BCUT2D eigenvalue weighted by molar-refractivity contribution is -0.316. The number of hydrogen-bond acceptors (Lipinski definition) is 4. The molecule has 18 heavy (non-hydrogen) atoms. The molecule has 98 valence electrons. The minimum Gasteiger partial charge on any atom is -0.548 e. The molecule has 0 unspecified atom stereocenters. The van der Waals surface area contributed by atoms with Crippen LogP contribution in [-0.4, -0.2) is 29.5 Å². The van der Waals surface area contributed by atoms with Gasteiger partial charge in [-0.15, -0.1) is 0 Å². The molecule has 0 spiro atoms. The van der Waals surface area contributed by atoms with E-state index in [-0.39, 0.29) is 6.61 Å². The van der Waals surface area contributed by atoms with Gasteiger partial charge in [-0.3, -0.25) is 0 Å². The van der Waals surface area contributed by atoms with E-state index in [0.717, 1.165) is 10.5 Å². The van der Waals surface area contributed by atoms with Gasteiger partial charge in [0.05, 0.1) is 11.5 Å². The van der Waals surface area contributed by atoms with Gasteiger partial charge in [0.2, 0.25) is 0 Å². The molecule has 1 rings (SSSR count). The van der Waals surface area contributed by atoms with Gasteiger partial charge in [-0.2, -0.15) is 0 Å². The number of likely N-dealkylation sites (N-methyl/N-ethyl adjacent to an activating group) is 1. The van der Waals surface area contributed by atoms with E-state index in [1.165, 1.54) is 20.9 Å². The first-order chi connectivity index (χ1) is 8.35. The molecule has 5 heteroatoms. The van der Waals surface area contributed by atoms with Gasteiger partial charge in [0.25, 0.3) is 0 Å². The maximum atomic E-state index is 11.7. The lowest BCUT2D eigenvalue weighted by Crippen LogP contribution is -2.56. The molecule has 0 aliphatic rings. The van der Waals surface area contributed by atoms with Crippen molar-refractivity contribution in [2.75, 3.05) is 7.05 Å². The molecule has 0 bridgehead atoms. The van der Waals surface area contributed by atoms with Crippen molar-refractivity contribution < 1.29 is 19.4 Å². The van der Waals surface area contributed by atoms with Gasteiger partial charge in [0, 0.05) is 7.05 Å². The van der Waals surface area contributed by atoms with Crippen LogP contribution in [0.15, 0.2) is 30.3 Å². The number of nitrogens with zero attached hydrogens (tertiary/aromatic N) is 1. The zero-order chi connectivity index (χ0) is 13.8. The second-order valence-electron chi connectivity index (χ2n) is 4.45. The van der Waals surface area contributed by atoms with Gasteiger partial charge in [-0.25, -0.2) is 4.79 Å². The normalized spacial score (nSPS) is 10.8. The number of aliphatic carboxylic acids is 1. The van der Waals surface area contributed by atoms with Crippen molar-refractivity contribution in [2.45, 2.75) is 26.0 Å². The van der Waals surface area contributed by atoms with E-state index in [4.69, 9.17) is 4.74 Å². The van der Waals surface area contributed by atoms with Gasteiger partial charge in [0.15, 0.2) is 0 Å². The minimum atomic E-state index is -1.41. The first kappa shape index (κ1) is 14.0. The smallest absolute Gasteiger partial charge is 0.410 e. The van der Waals surface area contributed by atoms with Crippen molar-refractivity contribution in [3.8, 4) is 0 Å². The summed E-state index contributed by atoms with van der Waals surface area (Å²) in [5, 5.41) is 10.9. The highest BCUT2D eigenvalue weighted by Crippen LogP contribution is 2.13. The Morgan fingerprint density at radius 2 is 1.83 bits per heavy atom. The summed E-state index contributed by atoms with van der Waals surface area (Å²) in [6.07, 6.45) is -0.701. The van der Waals surface area contributed by atoms with E-state index in [2.05, 4.69) is 0 Å². The fraction of sp³-hybridized carbons (Fsp3) is 0.385. The Morgan fingerprint density at radius 3 is 2.33 bits per heavy atom. The third-order valence-corrected chi connectivity index (χ3v) is 2.82. The summed E-state index contributed by atoms with van der Waals surface area (Å²) in [6, 6.07) is 9.15. The molecule has 0 aliphatic carbocycles. The van der Waals surface area contributed by atoms with Crippen molar-refractivity contribution in [3.63, 3.8) is 0 Å². The molecule has 1 amide bonds. The zero-order valence-corrected chi connectivity index (χ0v) is 10.7. The Hall–Kier alpha value is -2.04. The lowest BCUT2D eigenvalue weighted by Gasteiger charge is -2.35. The Labute approximate surface area is 106 Å². The number of benzene rings is 1. The van der Waals surface area contributed by atoms with Gasteiger partial charge in [-0.05, 0) is 19.4 Å². The summed E-state index contributed by atoms with van der Waals surface area (Å²) >= 11 is 0. The highest BCUT2D eigenvalue weighted by Gasteiger charge is 2.30. The van der Waals surface area contributed by atoms with Crippen LogP contribution in [0.25, 0.3) is 0 Å². The molecule has 0 saturated carbocycles. The van der Waals surface area contributed by atoms with Crippen molar-refractivity contribution in [1.29, 1.82) is 0 Å². The molecule has 0 fully saturated rings. The van der Waals surface area contributed by atoms with Crippen molar-refractivity contribution in [1.82, 2.24) is 4.90 Å². The number of carbonyl (C=O) groups excluding carboxylic acids is 2. The number of hydrogen-bond donors (Lipinski definition) is 0. The van der Waals surface area contributed by atoms with E-state index in [9.17, 15) is 14.7 Å². The summed E-state index contributed by atoms with van der Waals surface area (Å²) in [6.45, 7) is 2.87. The van der Waals surface area contributed by atoms with Crippen molar-refractivity contribution in [3.05, 3.63) is 35.9 Å². The monoisotopic (exact) mass is 250 g/mol. The standard InChI is InChI=1S/C13H17NO4/c1-13(2,11(15)16)14(3)12(17)18-9-10-7-5-4-6-8-10/h4-8H,9H2,1-3H3,(H,15,16)/p-1. The number of rotatable bonds is 4. The molecule has 0 heterocycles. The van der Waals surface area contributed by atoms with E-state index in [1.54, 1.807) is 0 Å². The van der Waals surface area contributed by atoms with Gasteiger partial charge >= 0.3 is 6.09 Å². The highest BCUT2D eigenvalue weighted by molar-refractivity contribution is 5.81. The zero-order valence-electron chi connectivity index (χ0n) is 10.7. The first-order valence-electron chi connectivity index (χ1n) is 5.51. The quantitative estimate of drug-likeness (QED) is 0.792. The van der Waals surface area contributed by atoms with E-state index in [0.29, 0.717) is 0 Å². The molecule has 0 aliphatic heterocycles. The van der Waals surface area contributed by atoms with E-state index in [1.807, 2.05) is 30.3 Å². The summed E-state index contributed by atoms with van der Waals surface area (Å²) in [5.41, 5.74) is -0.571. The van der Waals surface area contributed by atoms with E-state index < -0.39 is 17.6 Å². The number of amides is 1. The van der Waals surface area contributed by atoms with Crippen LogP contribution in [0.5, 0.6) is 0 Å². The Morgan fingerprint density at radius 1 is 1.28 bits per heavy atom. The SMILES string of the molecule is CN(C(=O)OCc1ccccc1)C(C)(C)C(=O)[O-]. The van der Waals surface area contributed by atoms with Gasteiger partial charge in [-0.1, -0.05) is 30.3 Å². The second-order valence-corrected chi connectivity index (χ2v) is 4.45. The Balaban J connectivity index is 2.59. The van der Waals surface area contributed by atoms with Crippen LogP contribution in [0, 0.1) is 0 Å². The summed E-state index contributed by atoms with van der Waals surface area (Å²) in [5.74, 6) is -1.33. The summed E-state index contributed by atoms with van der Waals surface area (Å²) < 4.78 is 5.02. The molecular weight excluding hydrogens is 234 g/mol. The largest absolute Gasteiger partial charge is 0.548 e. The van der Waals surface area contributed by atoms with Gasteiger partial charge < -0.3 is 19.5 Å². The number of carbonyl (C=O) groups is 2. The van der Waals surface area contributed by atoms with Crippen LogP contribution in [0.2, 0.25) is 0 Å². The van der Waals surface area contributed by atoms with Crippen LogP contribution in [-0.2, 0) is 16.1 Å². The molecule has 0 saturated heterocycles. The molecular formula is C13H16NO4-. The number of carboxylic acid groups (broad SMARTS) is 1. The number of carboxylic acids is 1. The molecule has 1 aromatic carbocycles. The molecule has 0 N–H and O–H groups in total. The maximum Gasteiger partial charge on any atom is 0.410 e. The Bertz CT molecular complexity index is 428. The van der Waals surface area contributed by atoms with Crippen molar-refractivity contribution >= 4 is 12.1 Å².